The summed E-state index contributed by atoms with van der Waals surface area (Å²) in [7, 11) is 0. The lowest BCUT2D eigenvalue weighted by atomic mass is 10.3. The molecule has 3 N–H and O–H groups in total. The molecule has 12 heavy (non-hydrogen) atoms. The van der Waals surface area contributed by atoms with Crippen LogP contribution in [0.15, 0.2) is 17.1 Å². The van der Waals surface area contributed by atoms with Crippen LogP contribution in [0, 0.1) is 6.92 Å². The zero-order valence-electron chi connectivity index (χ0n) is 6.96. The summed E-state index contributed by atoms with van der Waals surface area (Å²) in [4.78, 5) is 13.6. The predicted molar refractivity (Wildman–Crippen MR) is 46.3 cm³/mol. The summed E-state index contributed by atoms with van der Waals surface area (Å²) in [5.74, 6) is 0.334. The van der Waals surface area contributed by atoms with Crippen molar-refractivity contribution >= 4 is 0 Å². The molecule has 1 aromatic rings. The Hall–Kier alpha value is -1.29. The van der Waals surface area contributed by atoms with Gasteiger partial charge in [-0.1, -0.05) is 0 Å². The highest BCUT2D eigenvalue weighted by Crippen LogP contribution is 2.03. The zero-order valence-corrected chi connectivity index (χ0v) is 6.96. The molecule has 4 nitrogen and oxygen atoms in total. The topological polar surface area (TPSA) is 68.1 Å². The van der Waals surface area contributed by atoms with Gasteiger partial charge in [-0.15, -0.1) is 0 Å². The molecule has 0 spiro atoms. The standard InChI is InChI=1S/C8H12N2O2/c1-6-4-7(12-3-2-9)8(11)10-5-6/h4-5H,2-3,9H2,1H3,(H,10,11). The van der Waals surface area contributed by atoms with E-state index in [0.29, 0.717) is 18.9 Å². The molecule has 1 heterocycles. The Bertz CT molecular complexity index is 306. The van der Waals surface area contributed by atoms with Crippen LogP contribution in [0.25, 0.3) is 0 Å². The number of hydrogen-bond donors (Lipinski definition) is 2. The number of aryl methyl sites for hydroxylation is 1. The van der Waals surface area contributed by atoms with Crippen molar-refractivity contribution < 1.29 is 4.74 Å². The van der Waals surface area contributed by atoms with Gasteiger partial charge >= 0.3 is 0 Å². The molecule has 0 aliphatic heterocycles. The highest BCUT2D eigenvalue weighted by atomic mass is 16.5. The van der Waals surface area contributed by atoms with Gasteiger partial charge in [0, 0.05) is 12.7 Å². The van der Waals surface area contributed by atoms with Crippen molar-refractivity contribution in [3.8, 4) is 5.75 Å². The van der Waals surface area contributed by atoms with Crippen LogP contribution in [0.3, 0.4) is 0 Å². The average molecular weight is 168 g/mol. The first-order chi connectivity index (χ1) is 5.74. The second-order valence-corrected chi connectivity index (χ2v) is 2.51. The molecule has 0 aliphatic rings. The quantitative estimate of drug-likeness (QED) is 0.668. The van der Waals surface area contributed by atoms with Gasteiger partial charge in [-0.2, -0.15) is 0 Å². The van der Waals surface area contributed by atoms with Crippen LogP contribution in [0.4, 0.5) is 0 Å². The van der Waals surface area contributed by atoms with Crippen LogP contribution in [0.2, 0.25) is 0 Å². The highest BCUT2D eigenvalue weighted by Gasteiger charge is 1.98. The van der Waals surface area contributed by atoms with Gasteiger partial charge in [0.15, 0.2) is 5.75 Å². The maximum absolute atomic E-state index is 11.1. The minimum absolute atomic E-state index is 0.214. The lowest BCUT2D eigenvalue weighted by molar-refractivity contribution is 0.323. The Morgan fingerprint density at radius 1 is 1.67 bits per heavy atom. The van der Waals surface area contributed by atoms with E-state index in [2.05, 4.69) is 4.98 Å². The number of rotatable bonds is 3. The number of aromatic nitrogens is 1. The number of nitrogens with one attached hydrogen (secondary N) is 1. The minimum atomic E-state index is -0.214. The van der Waals surface area contributed by atoms with Gasteiger partial charge in [0.25, 0.3) is 5.56 Å². The normalized spacial score (nSPS) is 9.83. The number of nitrogens with two attached hydrogens (primary N) is 1. The van der Waals surface area contributed by atoms with Crippen LogP contribution >= 0.6 is 0 Å². The zero-order chi connectivity index (χ0) is 8.97. The number of H-pyrrole nitrogens is 1. The van der Waals surface area contributed by atoms with E-state index in [9.17, 15) is 4.79 Å². The molecular weight excluding hydrogens is 156 g/mol. The van der Waals surface area contributed by atoms with Crippen molar-refractivity contribution in [3.05, 3.63) is 28.2 Å². The van der Waals surface area contributed by atoms with Gasteiger partial charge < -0.3 is 15.5 Å². The largest absolute Gasteiger partial charge is 0.487 e. The average Bonchev–Trinajstić information content (AvgIpc) is 2.07. The third-order valence-corrected chi connectivity index (χ3v) is 1.39. The second kappa shape index (κ2) is 3.92. The van der Waals surface area contributed by atoms with E-state index in [-0.39, 0.29) is 5.56 Å². The van der Waals surface area contributed by atoms with E-state index in [4.69, 9.17) is 10.5 Å². The first kappa shape index (κ1) is 8.80. The second-order valence-electron chi connectivity index (χ2n) is 2.51. The van der Waals surface area contributed by atoms with E-state index in [1.807, 2.05) is 6.92 Å². The molecule has 66 valence electrons. The number of aromatic amines is 1. The molecule has 0 fully saturated rings. The summed E-state index contributed by atoms with van der Waals surface area (Å²) in [6.45, 7) is 2.66. The maximum Gasteiger partial charge on any atom is 0.290 e. The van der Waals surface area contributed by atoms with Crippen LogP contribution < -0.4 is 16.0 Å². The molecule has 1 aromatic heterocycles. The Morgan fingerprint density at radius 2 is 2.42 bits per heavy atom. The monoisotopic (exact) mass is 168 g/mol. The fourth-order valence-electron chi connectivity index (χ4n) is 0.841. The van der Waals surface area contributed by atoms with E-state index in [1.54, 1.807) is 12.3 Å². The molecule has 0 amide bonds. The van der Waals surface area contributed by atoms with Crippen molar-refractivity contribution in [3.63, 3.8) is 0 Å². The van der Waals surface area contributed by atoms with Crippen LogP contribution in [-0.2, 0) is 0 Å². The molecule has 0 aromatic carbocycles. The van der Waals surface area contributed by atoms with Gasteiger partial charge in [0.05, 0.1) is 0 Å². The minimum Gasteiger partial charge on any atom is -0.487 e. The van der Waals surface area contributed by atoms with Crippen LogP contribution in [0.5, 0.6) is 5.75 Å². The molecule has 0 unspecified atom stereocenters. The predicted octanol–water partition coefficient (Wildman–Crippen LogP) is 0.0208. The van der Waals surface area contributed by atoms with Crippen LogP contribution in [-0.4, -0.2) is 18.1 Å². The van der Waals surface area contributed by atoms with E-state index in [0.717, 1.165) is 5.56 Å². The Balaban J connectivity index is 2.83. The van der Waals surface area contributed by atoms with Crippen LogP contribution in [0.1, 0.15) is 5.56 Å². The van der Waals surface area contributed by atoms with Gasteiger partial charge in [-0.3, -0.25) is 4.79 Å². The Kier molecular flexibility index (Phi) is 2.88. The number of ether oxygens (including phenoxy) is 1. The molecule has 0 aliphatic carbocycles. The molecular formula is C8H12N2O2. The third kappa shape index (κ3) is 2.10. The summed E-state index contributed by atoms with van der Waals surface area (Å²) in [5, 5.41) is 0. The lowest BCUT2D eigenvalue weighted by Gasteiger charge is -2.02. The Morgan fingerprint density at radius 3 is 3.08 bits per heavy atom. The van der Waals surface area contributed by atoms with Crippen molar-refractivity contribution in [1.82, 2.24) is 4.98 Å². The summed E-state index contributed by atoms with van der Waals surface area (Å²) in [5.41, 5.74) is 5.97. The summed E-state index contributed by atoms with van der Waals surface area (Å²) in [6, 6.07) is 1.69. The lowest BCUT2D eigenvalue weighted by Crippen LogP contribution is -2.16. The van der Waals surface area contributed by atoms with Crippen molar-refractivity contribution in [2.24, 2.45) is 5.73 Å². The first-order valence-corrected chi connectivity index (χ1v) is 3.76. The molecule has 0 atom stereocenters. The van der Waals surface area contributed by atoms with Gasteiger partial charge in [0.1, 0.15) is 6.61 Å². The van der Waals surface area contributed by atoms with Crippen molar-refractivity contribution in [1.29, 1.82) is 0 Å². The van der Waals surface area contributed by atoms with E-state index < -0.39 is 0 Å². The smallest absolute Gasteiger partial charge is 0.290 e. The third-order valence-electron chi connectivity index (χ3n) is 1.39. The fraction of sp³-hybridized carbons (Fsp3) is 0.375. The number of hydrogen-bond acceptors (Lipinski definition) is 3. The molecule has 0 saturated heterocycles. The molecule has 0 bridgehead atoms. The molecule has 4 heteroatoms. The highest BCUT2D eigenvalue weighted by molar-refractivity contribution is 5.22. The van der Waals surface area contributed by atoms with E-state index in [1.165, 1.54) is 0 Å². The Labute approximate surface area is 70.4 Å². The van der Waals surface area contributed by atoms with Gasteiger partial charge in [-0.25, -0.2) is 0 Å². The summed E-state index contributed by atoms with van der Waals surface area (Å²) in [6.07, 6.45) is 1.64. The van der Waals surface area contributed by atoms with Gasteiger partial charge in [0.2, 0.25) is 0 Å². The van der Waals surface area contributed by atoms with Crippen molar-refractivity contribution in [2.75, 3.05) is 13.2 Å². The number of pyridine rings is 1. The van der Waals surface area contributed by atoms with E-state index >= 15 is 0 Å². The SMILES string of the molecule is Cc1c[nH]c(=O)c(OCCN)c1. The molecule has 0 radical (unpaired) electrons. The molecule has 0 saturated carbocycles. The summed E-state index contributed by atoms with van der Waals surface area (Å²) >= 11 is 0. The van der Waals surface area contributed by atoms with Gasteiger partial charge in [-0.05, 0) is 18.6 Å². The summed E-state index contributed by atoms with van der Waals surface area (Å²) < 4.78 is 5.10. The van der Waals surface area contributed by atoms with Crippen molar-refractivity contribution in [2.45, 2.75) is 6.92 Å². The molecule has 1 rings (SSSR count). The maximum atomic E-state index is 11.1. The first-order valence-electron chi connectivity index (χ1n) is 3.76. The fourth-order valence-corrected chi connectivity index (χ4v) is 0.841.